The zero-order valence-corrected chi connectivity index (χ0v) is 15.7. The number of benzene rings is 2. The van der Waals surface area contributed by atoms with E-state index in [1.807, 2.05) is 19.1 Å². The first kappa shape index (κ1) is 20.4. The minimum absolute atomic E-state index is 0. The van der Waals surface area contributed by atoms with E-state index in [0.29, 0.717) is 0 Å². The van der Waals surface area contributed by atoms with Gasteiger partial charge in [-0.05, 0) is 18.9 Å². The maximum Gasteiger partial charge on any atom is 3.00 e. The van der Waals surface area contributed by atoms with Crippen LogP contribution in [0.1, 0.15) is 23.6 Å². The standard InChI is InChI=1S/C18H15.2ClH.Zr/c1-2-3-4-7-14-10-11-18-16(12-14)13-15-8-5-6-9-17(15)18;;;/h2-11H,13H2,1H3;2*1H;/q-1;;;+3/p-2. The summed E-state index contributed by atoms with van der Waals surface area (Å²) in [4.78, 5) is 0. The van der Waals surface area contributed by atoms with Crippen molar-refractivity contribution in [1.82, 2.24) is 0 Å². The van der Waals surface area contributed by atoms with Crippen molar-refractivity contribution in [1.29, 1.82) is 0 Å². The molecular weight excluding hydrogens is 378 g/mol. The quantitative estimate of drug-likeness (QED) is 0.373. The summed E-state index contributed by atoms with van der Waals surface area (Å²) >= 11 is 0. The molecule has 0 saturated carbocycles. The van der Waals surface area contributed by atoms with Gasteiger partial charge in [-0.25, -0.2) is 0 Å². The van der Waals surface area contributed by atoms with Crippen molar-refractivity contribution < 1.29 is 51.0 Å². The van der Waals surface area contributed by atoms with E-state index >= 15 is 0 Å². The fourth-order valence-electron chi connectivity index (χ4n) is 2.44. The van der Waals surface area contributed by atoms with Gasteiger partial charge < -0.3 is 24.8 Å². The monoisotopic (exact) mass is 391 g/mol. The van der Waals surface area contributed by atoms with Crippen molar-refractivity contribution in [3.63, 3.8) is 0 Å². The van der Waals surface area contributed by atoms with Crippen molar-refractivity contribution >= 4 is 6.08 Å². The Bertz CT molecular complexity index is 645. The smallest absolute Gasteiger partial charge is 1.00 e. The Morgan fingerprint density at radius 1 is 0.952 bits per heavy atom. The van der Waals surface area contributed by atoms with E-state index < -0.39 is 0 Å². The van der Waals surface area contributed by atoms with Crippen molar-refractivity contribution in [3.8, 4) is 11.1 Å². The zero-order chi connectivity index (χ0) is 12.4. The van der Waals surface area contributed by atoms with E-state index in [1.54, 1.807) is 0 Å². The molecule has 0 bridgehead atoms. The van der Waals surface area contributed by atoms with Crippen molar-refractivity contribution in [2.75, 3.05) is 0 Å². The van der Waals surface area contributed by atoms with E-state index in [0.717, 1.165) is 12.0 Å². The Kier molecular flexibility index (Phi) is 9.13. The number of fused-ring (bicyclic) bond motifs is 3. The topological polar surface area (TPSA) is 0 Å². The van der Waals surface area contributed by atoms with E-state index in [1.165, 1.54) is 22.3 Å². The van der Waals surface area contributed by atoms with Gasteiger partial charge in [0.1, 0.15) is 0 Å². The molecule has 1 aliphatic rings. The fourth-order valence-corrected chi connectivity index (χ4v) is 2.44. The second kappa shape index (κ2) is 9.41. The summed E-state index contributed by atoms with van der Waals surface area (Å²) in [5.74, 6) is 0. The van der Waals surface area contributed by atoms with E-state index in [4.69, 9.17) is 0 Å². The molecule has 0 spiro atoms. The summed E-state index contributed by atoms with van der Waals surface area (Å²) in [6, 6.07) is 16.5. The van der Waals surface area contributed by atoms with E-state index in [9.17, 15) is 0 Å². The summed E-state index contributed by atoms with van der Waals surface area (Å²) in [5, 5.41) is 0. The second-order valence-corrected chi connectivity index (χ2v) is 4.52. The van der Waals surface area contributed by atoms with Crippen LogP contribution >= 0.6 is 0 Å². The van der Waals surface area contributed by atoms with Crippen LogP contribution in [0.15, 0.2) is 54.6 Å². The first-order chi connectivity index (χ1) is 8.88. The summed E-state index contributed by atoms with van der Waals surface area (Å²) in [6.07, 6.45) is 9.23. The Hall–Kier alpha value is -0.617. The van der Waals surface area contributed by atoms with Crippen molar-refractivity contribution in [2.24, 2.45) is 0 Å². The van der Waals surface area contributed by atoms with E-state index in [-0.39, 0.29) is 51.0 Å². The molecule has 0 nitrogen and oxygen atoms in total. The Balaban J connectivity index is 0.00000133. The second-order valence-electron chi connectivity index (χ2n) is 4.52. The molecule has 0 unspecified atom stereocenters. The maximum absolute atomic E-state index is 3.51. The average Bonchev–Trinajstić information content (AvgIpc) is 2.76. The van der Waals surface area contributed by atoms with Crippen LogP contribution in [0.3, 0.4) is 0 Å². The third-order valence-corrected chi connectivity index (χ3v) is 3.30. The van der Waals surface area contributed by atoms with Crippen LogP contribution in [-0.4, -0.2) is 0 Å². The molecule has 0 aromatic heterocycles. The summed E-state index contributed by atoms with van der Waals surface area (Å²) < 4.78 is 0. The average molecular weight is 393 g/mol. The van der Waals surface area contributed by atoms with Crippen LogP contribution in [0.2, 0.25) is 0 Å². The van der Waals surface area contributed by atoms with Crippen molar-refractivity contribution in [2.45, 2.75) is 13.3 Å². The Morgan fingerprint density at radius 3 is 2.48 bits per heavy atom. The van der Waals surface area contributed by atoms with Crippen LogP contribution in [-0.2, 0) is 32.6 Å². The van der Waals surface area contributed by atoms with Gasteiger partial charge in [0.15, 0.2) is 0 Å². The number of hydrogen-bond acceptors (Lipinski definition) is 0. The maximum atomic E-state index is 3.51. The minimum Gasteiger partial charge on any atom is -1.00 e. The Labute approximate surface area is 158 Å². The molecule has 0 saturated heterocycles. The van der Waals surface area contributed by atoms with Gasteiger partial charge in [0.25, 0.3) is 0 Å². The van der Waals surface area contributed by atoms with Gasteiger partial charge >= 0.3 is 26.2 Å². The third-order valence-electron chi connectivity index (χ3n) is 3.30. The van der Waals surface area contributed by atoms with E-state index in [2.05, 4.69) is 54.6 Å². The molecule has 2 aromatic carbocycles. The molecule has 0 heterocycles. The third kappa shape index (κ3) is 4.42. The van der Waals surface area contributed by atoms with Gasteiger partial charge in [-0.3, -0.25) is 0 Å². The van der Waals surface area contributed by atoms with Crippen LogP contribution in [0, 0.1) is 6.07 Å². The number of halogens is 2. The van der Waals surface area contributed by atoms with Gasteiger partial charge in [-0.15, -0.1) is 35.9 Å². The molecule has 21 heavy (non-hydrogen) atoms. The first-order valence-corrected chi connectivity index (χ1v) is 6.31. The van der Waals surface area contributed by atoms with Gasteiger partial charge in [0.05, 0.1) is 0 Å². The molecule has 0 fully saturated rings. The van der Waals surface area contributed by atoms with Crippen LogP contribution in [0.25, 0.3) is 17.2 Å². The fraction of sp³-hybridized carbons (Fsp3) is 0.111. The number of allylic oxidation sites excluding steroid dienone is 3. The van der Waals surface area contributed by atoms with Crippen molar-refractivity contribution in [3.05, 3.63) is 77.4 Å². The van der Waals surface area contributed by atoms with Gasteiger partial charge in [0, 0.05) is 0 Å². The van der Waals surface area contributed by atoms with Gasteiger partial charge in [-0.2, -0.15) is 5.56 Å². The Morgan fingerprint density at radius 2 is 1.71 bits per heavy atom. The molecule has 3 rings (SSSR count). The first-order valence-electron chi connectivity index (χ1n) is 6.31. The normalized spacial score (nSPS) is 11.3. The molecule has 0 aliphatic heterocycles. The molecule has 3 heteroatoms. The summed E-state index contributed by atoms with van der Waals surface area (Å²) in [5.41, 5.74) is 6.60. The summed E-state index contributed by atoms with van der Waals surface area (Å²) in [7, 11) is 0. The van der Waals surface area contributed by atoms with Gasteiger partial charge in [-0.1, -0.05) is 47.5 Å². The zero-order valence-electron chi connectivity index (χ0n) is 11.7. The molecule has 1 aliphatic carbocycles. The minimum atomic E-state index is 0. The molecule has 0 atom stereocenters. The molecule has 105 valence electrons. The van der Waals surface area contributed by atoms with Crippen LogP contribution in [0.4, 0.5) is 0 Å². The van der Waals surface area contributed by atoms with Gasteiger partial charge in [0.2, 0.25) is 0 Å². The predicted molar refractivity (Wildman–Crippen MR) is 77.4 cm³/mol. The SMILES string of the molecule is CC=CC=Cc1[c-]c2c(cc1)-c1ccccc1C2.[Cl-].[Cl-].[Zr+3]. The number of rotatable bonds is 2. The summed E-state index contributed by atoms with van der Waals surface area (Å²) in [6.45, 7) is 2.02. The number of hydrogen-bond donors (Lipinski definition) is 0. The predicted octanol–water partition coefficient (Wildman–Crippen LogP) is -1.35. The molecule has 2 aromatic rings. The molecular formula is C18H15Cl2Zr. The molecule has 0 amide bonds. The van der Waals surface area contributed by atoms with Crippen LogP contribution in [0.5, 0.6) is 0 Å². The largest absolute Gasteiger partial charge is 3.00 e. The van der Waals surface area contributed by atoms with Crippen LogP contribution < -0.4 is 24.8 Å². The molecule has 0 N–H and O–H groups in total. The molecule has 1 radical (unpaired) electrons.